The van der Waals surface area contributed by atoms with Gasteiger partial charge in [0.15, 0.2) is 11.6 Å². The molecule has 0 radical (unpaired) electrons. The minimum Gasteiger partial charge on any atom is -0.490 e. The Hall–Kier alpha value is -3.11. The molecule has 1 fully saturated rings. The van der Waals surface area contributed by atoms with Crippen LogP contribution in [0.4, 0.5) is 5.95 Å². The molecule has 1 saturated heterocycles. The Balaban J connectivity index is 1.60. The molecule has 1 aromatic carbocycles. The van der Waals surface area contributed by atoms with E-state index in [0.717, 1.165) is 37.3 Å². The van der Waals surface area contributed by atoms with E-state index in [0.29, 0.717) is 11.3 Å². The molecule has 2 unspecified atom stereocenters. The fraction of sp³-hybridized carbons (Fsp3) is 0.429. The monoisotopic (exact) mass is 459 g/mol. The van der Waals surface area contributed by atoms with Crippen molar-refractivity contribution in [2.45, 2.75) is 44.4 Å². The Morgan fingerprint density at radius 1 is 1.28 bits per heavy atom. The predicted octanol–water partition coefficient (Wildman–Crippen LogP) is 1.13. The minimum atomic E-state index is -1.65. The van der Waals surface area contributed by atoms with Crippen LogP contribution in [0.2, 0.25) is 5.02 Å². The molecule has 0 spiro atoms. The van der Waals surface area contributed by atoms with Crippen molar-refractivity contribution in [2.24, 2.45) is 10.7 Å². The van der Waals surface area contributed by atoms with Gasteiger partial charge in [0, 0.05) is 11.3 Å². The van der Waals surface area contributed by atoms with Gasteiger partial charge < -0.3 is 26.1 Å². The van der Waals surface area contributed by atoms with E-state index < -0.39 is 23.4 Å². The number of nitrogens with zero attached hydrogens (tertiary/aromatic N) is 2. The number of ether oxygens (including phenoxy) is 1. The summed E-state index contributed by atoms with van der Waals surface area (Å²) in [5.41, 5.74) is 6.06. The zero-order chi connectivity index (χ0) is 22.9. The maximum atomic E-state index is 13.1. The molecule has 1 aromatic heterocycles. The SMILES string of the molecule is Cc1nc(NC(=O)C2N=CNC2(C(N)=O)c2ccc(OC3CCNCC3)cc2Cl)[nH]c1C. The minimum absolute atomic E-state index is 0.0925. The third-order valence-corrected chi connectivity index (χ3v) is 6.20. The lowest BCUT2D eigenvalue weighted by atomic mass is 9.82. The third-order valence-electron chi connectivity index (χ3n) is 5.89. The van der Waals surface area contributed by atoms with Gasteiger partial charge in [0.25, 0.3) is 11.8 Å². The number of aromatic amines is 1. The molecular weight excluding hydrogens is 434 g/mol. The molecule has 6 N–H and O–H groups in total. The number of carbonyl (C=O) groups is 2. The normalized spacial score (nSPS) is 23.0. The van der Waals surface area contributed by atoms with Gasteiger partial charge in [-0.05, 0) is 51.9 Å². The average molecular weight is 460 g/mol. The Labute approximate surface area is 190 Å². The first-order valence-corrected chi connectivity index (χ1v) is 10.8. The number of amides is 2. The van der Waals surface area contributed by atoms with E-state index >= 15 is 0 Å². The Morgan fingerprint density at radius 2 is 2.03 bits per heavy atom. The van der Waals surface area contributed by atoms with Crippen LogP contribution in [0, 0.1) is 13.8 Å². The van der Waals surface area contributed by atoms with Gasteiger partial charge in [-0.2, -0.15) is 0 Å². The predicted molar refractivity (Wildman–Crippen MR) is 121 cm³/mol. The third kappa shape index (κ3) is 4.03. The first-order valence-electron chi connectivity index (χ1n) is 10.4. The highest BCUT2D eigenvalue weighted by molar-refractivity contribution is 6.32. The van der Waals surface area contributed by atoms with Gasteiger partial charge in [-0.15, -0.1) is 0 Å². The van der Waals surface area contributed by atoms with Crippen LogP contribution >= 0.6 is 11.6 Å². The highest BCUT2D eigenvalue weighted by Crippen LogP contribution is 2.37. The molecule has 2 aromatic rings. The van der Waals surface area contributed by atoms with Gasteiger partial charge in [-0.25, -0.2) is 4.98 Å². The van der Waals surface area contributed by atoms with Crippen LogP contribution in [0.3, 0.4) is 0 Å². The number of imidazole rings is 1. The topological polar surface area (TPSA) is 147 Å². The molecule has 2 atom stereocenters. The Kier molecular flexibility index (Phi) is 6.07. The maximum absolute atomic E-state index is 13.1. The highest BCUT2D eigenvalue weighted by atomic mass is 35.5. The van der Waals surface area contributed by atoms with Gasteiger partial charge in [-0.1, -0.05) is 17.7 Å². The van der Waals surface area contributed by atoms with Crippen LogP contribution in [-0.4, -0.2) is 53.4 Å². The summed E-state index contributed by atoms with van der Waals surface area (Å²) in [5, 5.41) is 9.07. The van der Waals surface area contributed by atoms with Crippen LogP contribution in [0.15, 0.2) is 23.2 Å². The number of primary amides is 1. The number of benzene rings is 1. The van der Waals surface area contributed by atoms with E-state index in [2.05, 4.69) is 30.9 Å². The smallest absolute Gasteiger partial charge is 0.254 e. The van der Waals surface area contributed by atoms with Crippen LogP contribution in [0.25, 0.3) is 0 Å². The van der Waals surface area contributed by atoms with Crippen LogP contribution < -0.4 is 26.4 Å². The van der Waals surface area contributed by atoms with Gasteiger partial charge in [0.1, 0.15) is 11.9 Å². The molecule has 170 valence electrons. The lowest BCUT2D eigenvalue weighted by Gasteiger charge is -2.32. The Morgan fingerprint density at radius 3 is 2.66 bits per heavy atom. The number of aromatic nitrogens is 2. The number of aryl methyl sites for hydroxylation is 2. The second kappa shape index (κ2) is 8.79. The van der Waals surface area contributed by atoms with Crippen molar-refractivity contribution in [3.05, 3.63) is 40.2 Å². The Bertz CT molecular complexity index is 1040. The highest BCUT2D eigenvalue weighted by Gasteiger charge is 2.53. The van der Waals surface area contributed by atoms with Gasteiger partial charge >= 0.3 is 0 Å². The zero-order valence-corrected chi connectivity index (χ0v) is 18.6. The number of hydrogen-bond donors (Lipinski definition) is 5. The van der Waals surface area contributed by atoms with Crippen molar-refractivity contribution in [1.29, 1.82) is 0 Å². The molecule has 32 heavy (non-hydrogen) atoms. The van der Waals surface area contributed by atoms with E-state index in [-0.39, 0.29) is 17.1 Å². The number of piperidine rings is 1. The summed E-state index contributed by atoms with van der Waals surface area (Å²) in [6.45, 7) is 5.45. The van der Waals surface area contributed by atoms with E-state index in [1.165, 1.54) is 6.34 Å². The van der Waals surface area contributed by atoms with Gasteiger partial charge in [-0.3, -0.25) is 19.9 Å². The van der Waals surface area contributed by atoms with Gasteiger partial charge in [0.2, 0.25) is 5.95 Å². The van der Waals surface area contributed by atoms with Crippen LogP contribution in [-0.2, 0) is 15.1 Å². The second-order valence-electron chi connectivity index (χ2n) is 7.99. The fourth-order valence-electron chi connectivity index (χ4n) is 4.02. The molecule has 0 saturated carbocycles. The lowest BCUT2D eigenvalue weighted by molar-refractivity contribution is -0.129. The summed E-state index contributed by atoms with van der Waals surface area (Å²) in [4.78, 5) is 37.2. The molecule has 2 amide bonds. The number of nitrogens with one attached hydrogen (secondary N) is 4. The zero-order valence-electron chi connectivity index (χ0n) is 17.9. The summed E-state index contributed by atoms with van der Waals surface area (Å²) in [7, 11) is 0. The molecule has 0 aliphatic carbocycles. The quantitative estimate of drug-likeness (QED) is 0.437. The molecular formula is C21H26ClN7O3. The van der Waals surface area contributed by atoms with E-state index in [4.69, 9.17) is 22.1 Å². The van der Waals surface area contributed by atoms with E-state index in [9.17, 15) is 9.59 Å². The molecule has 2 aliphatic rings. The number of nitrogens with two attached hydrogens (primary N) is 1. The number of halogens is 1. The summed E-state index contributed by atoms with van der Waals surface area (Å²) in [6.07, 6.45) is 3.18. The van der Waals surface area contributed by atoms with Crippen molar-refractivity contribution in [3.63, 3.8) is 0 Å². The van der Waals surface area contributed by atoms with Crippen molar-refractivity contribution in [1.82, 2.24) is 20.6 Å². The molecule has 2 aliphatic heterocycles. The van der Waals surface area contributed by atoms with E-state index in [1.807, 2.05) is 13.8 Å². The molecule has 10 nitrogen and oxygen atoms in total. The van der Waals surface area contributed by atoms with Crippen LogP contribution in [0.1, 0.15) is 29.8 Å². The maximum Gasteiger partial charge on any atom is 0.254 e. The summed E-state index contributed by atoms with van der Waals surface area (Å²) < 4.78 is 6.03. The van der Waals surface area contributed by atoms with Crippen molar-refractivity contribution in [3.8, 4) is 5.75 Å². The molecule has 3 heterocycles. The summed E-state index contributed by atoms with van der Waals surface area (Å²) in [6, 6.07) is 3.83. The van der Waals surface area contributed by atoms with E-state index in [1.54, 1.807) is 18.2 Å². The summed E-state index contributed by atoms with van der Waals surface area (Å²) in [5.74, 6) is -0.477. The number of anilines is 1. The van der Waals surface area contributed by atoms with Crippen molar-refractivity contribution in [2.75, 3.05) is 18.4 Å². The number of rotatable bonds is 6. The number of carbonyl (C=O) groups excluding carboxylic acids is 2. The molecule has 0 bridgehead atoms. The van der Waals surface area contributed by atoms with Gasteiger partial charge in [0.05, 0.1) is 17.1 Å². The number of aliphatic imine (C=N–C) groups is 1. The first-order chi connectivity index (χ1) is 15.3. The number of hydrogen-bond acceptors (Lipinski definition) is 7. The second-order valence-corrected chi connectivity index (χ2v) is 8.40. The molecule has 11 heteroatoms. The average Bonchev–Trinajstić information content (AvgIpc) is 3.33. The first kappa shape index (κ1) is 22.1. The van der Waals surface area contributed by atoms with Crippen molar-refractivity contribution >= 4 is 35.7 Å². The summed E-state index contributed by atoms with van der Waals surface area (Å²) >= 11 is 6.57. The van der Waals surface area contributed by atoms with Crippen LogP contribution in [0.5, 0.6) is 5.75 Å². The molecule has 4 rings (SSSR count). The van der Waals surface area contributed by atoms with Crippen molar-refractivity contribution < 1.29 is 14.3 Å². The lowest BCUT2D eigenvalue weighted by Crippen LogP contribution is -2.59. The fourth-order valence-corrected chi connectivity index (χ4v) is 4.34. The largest absolute Gasteiger partial charge is 0.490 e. The standard InChI is InChI=1S/C21H26ClN7O3/c1-11-12(2)28-20(27-11)29-18(30)17-21(19(23)31,26-10-25-17)15-4-3-14(9-16(15)22)32-13-5-7-24-8-6-13/h3-4,9-10,13,17,24H,5-8H2,1-2H3,(H2,23,31)(H,25,26)(H2,27,28,29,30). The number of H-pyrrole nitrogens is 1.